The van der Waals surface area contributed by atoms with Crippen molar-refractivity contribution >= 4 is 23.5 Å². The molecule has 0 aromatic heterocycles. The van der Waals surface area contributed by atoms with Gasteiger partial charge in [0.15, 0.2) is 0 Å². The minimum absolute atomic E-state index is 0.114. The van der Waals surface area contributed by atoms with Crippen LogP contribution in [0.3, 0.4) is 0 Å². The van der Waals surface area contributed by atoms with Gasteiger partial charge < -0.3 is 20.8 Å². The van der Waals surface area contributed by atoms with Crippen molar-refractivity contribution in [3.05, 3.63) is 41.5 Å². The summed E-state index contributed by atoms with van der Waals surface area (Å²) < 4.78 is 0. The summed E-state index contributed by atoms with van der Waals surface area (Å²) in [6, 6.07) is 6.08. The number of nitrogens with one attached hydrogen (secondary N) is 2. The Morgan fingerprint density at radius 2 is 1.68 bits per heavy atom. The normalized spacial score (nSPS) is 16.6. The fraction of sp³-hybridized carbons (Fsp3) is 0.389. The summed E-state index contributed by atoms with van der Waals surface area (Å²) in [6.45, 7) is 5.90. The van der Waals surface area contributed by atoms with E-state index >= 15 is 0 Å². The zero-order chi connectivity index (χ0) is 18.8. The molecule has 1 fully saturated rings. The Labute approximate surface area is 146 Å². The van der Waals surface area contributed by atoms with Crippen molar-refractivity contribution in [2.24, 2.45) is 5.92 Å². The standard InChI is InChI=1S/C14H20N2O.C4H4O4/c1-10-5-3-6-11(2)13(10)16-14(17)12-7-4-8-15-9-12;5-3(6)1-2-4(7)8/h3,5-6,12,15H,4,7-9H2,1-2H3,(H,16,17);1-2H,(H,5,6)(H,7,8)/b;2-1+. The quantitative estimate of drug-likeness (QED) is 0.618. The van der Waals surface area contributed by atoms with Crippen LogP contribution in [0.2, 0.25) is 0 Å². The first kappa shape index (κ1) is 20.4. The minimum atomic E-state index is -1.26. The highest BCUT2D eigenvalue weighted by Gasteiger charge is 2.21. The summed E-state index contributed by atoms with van der Waals surface area (Å²) in [5.74, 6) is -2.25. The predicted octanol–water partition coefficient (Wildman–Crippen LogP) is 1.95. The lowest BCUT2D eigenvalue weighted by atomic mass is 9.98. The summed E-state index contributed by atoms with van der Waals surface area (Å²) >= 11 is 0. The van der Waals surface area contributed by atoms with Crippen LogP contribution in [0.15, 0.2) is 30.4 Å². The molecule has 25 heavy (non-hydrogen) atoms. The van der Waals surface area contributed by atoms with E-state index < -0.39 is 11.9 Å². The van der Waals surface area contributed by atoms with Crippen molar-refractivity contribution in [3.63, 3.8) is 0 Å². The molecule has 0 aliphatic carbocycles. The largest absolute Gasteiger partial charge is 0.478 e. The number of hydrogen-bond acceptors (Lipinski definition) is 4. The molecule has 1 amide bonds. The zero-order valence-electron chi connectivity index (χ0n) is 14.4. The van der Waals surface area contributed by atoms with Gasteiger partial charge in [-0.25, -0.2) is 9.59 Å². The maximum absolute atomic E-state index is 12.1. The van der Waals surface area contributed by atoms with Gasteiger partial charge in [0.25, 0.3) is 0 Å². The number of amides is 1. The summed E-state index contributed by atoms with van der Waals surface area (Å²) in [7, 11) is 0. The number of aryl methyl sites for hydroxylation is 2. The number of piperidine rings is 1. The number of anilines is 1. The molecule has 1 heterocycles. The first-order valence-electron chi connectivity index (χ1n) is 8.03. The molecule has 7 heteroatoms. The summed E-state index contributed by atoms with van der Waals surface area (Å²) in [4.78, 5) is 31.2. The first-order valence-corrected chi connectivity index (χ1v) is 8.03. The van der Waals surface area contributed by atoms with Crippen LogP contribution in [0.25, 0.3) is 0 Å². The molecule has 1 aliphatic rings. The number of aliphatic carboxylic acids is 2. The van der Waals surface area contributed by atoms with Crippen LogP contribution in [-0.2, 0) is 14.4 Å². The highest BCUT2D eigenvalue weighted by atomic mass is 16.4. The molecule has 136 valence electrons. The van der Waals surface area contributed by atoms with E-state index in [2.05, 4.69) is 10.6 Å². The fourth-order valence-corrected chi connectivity index (χ4v) is 2.46. The van der Waals surface area contributed by atoms with E-state index in [1.807, 2.05) is 32.0 Å². The van der Waals surface area contributed by atoms with Gasteiger partial charge in [-0.15, -0.1) is 0 Å². The second kappa shape index (κ2) is 10.2. The van der Waals surface area contributed by atoms with Gasteiger partial charge in [0.05, 0.1) is 5.92 Å². The topological polar surface area (TPSA) is 116 Å². The average Bonchev–Trinajstić information content (AvgIpc) is 2.57. The number of benzene rings is 1. The number of carboxylic acids is 2. The molecule has 0 saturated carbocycles. The number of hydrogen-bond donors (Lipinski definition) is 4. The van der Waals surface area contributed by atoms with Crippen molar-refractivity contribution < 1.29 is 24.6 Å². The third-order valence-electron chi connectivity index (χ3n) is 3.77. The second-order valence-corrected chi connectivity index (χ2v) is 5.81. The van der Waals surface area contributed by atoms with Gasteiger partial charge in [-0.1, -0.05) is 18.2 Å². The minimum Gasteiger partial charge on any atom is -0.478 e. The Hall–Kier alpha value is -2.67. The van der Waals surface area contributed by atoms with Crippen molar-refractivity contribution in [1.29, 1.82) is 0 Å². The number of carbonyl (C=O) groups excluding carboxylic acids is 1. The third kappa shape index (κ3) is 7.63. The van der Waals surface area contributed by atoms with Crippen molar-refractivity contribution in [2.75, 3.05) is 18.4 Å². The van der Waals surface area contributed by atoms with Gasteiger partial charge >= 0.3 is 11.9 Å². The van der Waals surface area contributed by atoms with Gasteiger partial charge in [0.1, 0.15) is 0 Å². The number of carboxylic acid groups (broad SMARTS) is 2. The Kier molecular flexibility index (Phi) is 8.35. The highest BCUT2D eigenvalue weighted by Crippen LogP contribution is 2.21. The van der Waals surface area contributed by atoms with Crippen LogP contribution >= 0.6 is 0 Å². The fourth-order valence-electron chi connectivity index (χ4n) is 2.46. The van der Waals surface area contributed by atoms with Gasteiger partial charge in [0, 0.05) is 24.4 Å². The van der Waals surface area contributed by atoms with Crippen molar-refractivity contribution in [1.82, 2.24) is 5.32 Å². The Bertz CT molecular complexity index is 613. The predicted molar refractivity (Wildman–Crippen MR) is 94.6 cm³/mol. The van der Waals surface area contributed by atoms with E-state index in [1.165, 1.54) is 0 Å². The molecule has 7 nitrogen and oxygen atoms in total. The molecular weight excluding hydrogens is 324 g/mol. The molecule has 1 atom stereocenters. The average molecular weight is 348 g/mol. The Balaban J connectivity index is 0.000000333. The Morgan fingerprint density at radius 1 is 1.12 bits per heavy atom. The molecule has 0 radical (unpaired) electrons. The van der Waals surface area contributed by atoms with Crippen LogP contribution in [0.5, 0.6) is 0 Å². The highest BCUT2D eigenvalue weighted by molar-refractivity contribution is 5.94. The van der Waals surface area contributed by atoms with Crippen LogP contribution < -0.4 is 10.6 Å². The number of para-hydroxylation sites is 1. The second-order valence-electron chi connectivity index (χ2n) is 5.81. The first-order chi connectivity index (χ1) is 11.8. The van der Waals surface area contributed by atoms with Gasteiger partial charge in [-0.2, -0.15) is 0 Å². The van der Waals surface area contributed by atoms with Crippen LogP contribution in [0.1, 0.15) is 24.0 Å². The lowest BCUT2D eigenvalue weighted by molar-refractivity contribution is -0.134. The molecule has 0 bridgehead atoms. The smallest absolute Gasteiger partial charge is 0.328 e. The lowest BCUT2D eigenvalue weighted by Gasteiger charge is -2.22. The molecule has 1 aliphatic heterocycles. The maximum Gasteiger partial charge on any atom is 0.328 e. The van der Waals surface area contributed by atoms with Gasteiger partial charge in [-0.05, 0) is 44.4 Å². The summed E-state index contributed by atoms with van der Waals surface area (Å²) in [5.41, 5.74) is 3.23. The summed E-state index contributed by atoms with van der Waals surface area (Å²) in [6.07, 6.45) is 3.19. The van der Waals surface area contributed by atoms with E-state index in [0.717, 1.165) is 42.7 Å². The van der Waals surface area contributed by atoms with E-state index in [0.29, 0.717) is 12.2 Å². The van der Waals surface area contributed by atoms with Crippen molar-refractivity contribution in [3.8, 4) is 0 Å². The lowest BCUT2D eigenvalue weighted by Crippen LogP contribution is -2.37. The van der Waals surface area contributed by atoms with Gasteiger partial charge in [0.2, 0.25) is 5.91 Å². The monoisotopic (exact) mass is 348 g/mol. The molecule has 2 rings (SSSR count). The molecule has 1 aromatic carbocycles. The number of carbonyl (C=O) groups is 3. The van der Waals surface area contributed by atoms with Crippen molar-refractivity contribution in [2.45, 2.75) is 26.7 Å². The SMILES string of the molecule is Cc1cccc(C)c1NC(=O)C1CCCNC1.O=C(O)/C=C/C(=O)O. The van der Waals surface area contributed by atoms with Crippen LogP contribution in [0.4, 0.5) is 5.69 Å². The number of rotatable bonds is 4. The zero-order valence-corrected chi connectivity index (χ0v) is 14.4. The molecule has 0 spiro atoms. The van der Waals surface area contributed by atoms with E-state index in [-0.39, 0.29) is 11.8 Å². The van der Waals surface area contributed by atoms with E-state index in [9.17, 15) is 14.4 Å². The molecular formula is C18H24N2O5. The van der Waals surface area contributed by atoms with E-state index in [4.69, 9.17) is 10.2 Å². The summed E-state index contributed by atoms with van der Waals surface area (Å²) in [5, 5.41) is 22.0. The third-order valence-corrected chi connectivity index (χ3v) is 3.77. The van der Waals surface area contributed by atoms with Crippen LogP contribution in [-0.4, -0.2) is 41.1 Å². The van der Waals surface area contributed by atoms with Gasteiger partial charge in [-0.3, -0.25) is 4.79 Å². The molecule has 4 N–H and O–H groups in total. The van der Waals surface area contributed by atoms with E-state index in [1.54, 1.807) is 0 Å². The van der Waals surface area contributed by atoms with Crippen LogP contribution in [0, 0.1) is 19.8 Å². The Morgan fingerprint density at radius 3 is 2.12 bits per heavy atom. The molecule has 1 unspecified atom stereocenters. The molecule has 1 aromatic rings. The maximum atomic E-state index is 12.1. The molecule has 1 saturated heterocycles.